The molecule has 4 rings (SSSR count). The van der Waals surface area contributed by atoms with Crippen molar-refractivity contribution in [1.29, 1.82) is 0 Å². The lowest BCUT2D eigenvalue weighted by molar-refractivity contribution is -0.132. The predicted molar refractivity (Wildman–Crippen MR) is 159 cm³/mol. The van der Waals surface area contributed by atoms with E-state index in [1.54, 1.807) is 23.6 Å². The second-order valence-electron chi connectivity index (χ2n) is 13.5. The van der Waals surface area contributed by atoms with E-state index in [0.717, 1.165) is 44.1 Å². The minimum absolute atomic E-state index is 0.0825. The second-order valence-corrected chi connectivity index (χ2v) is 13.5. The van der Waals surface area contributed by atoms with Crippen LogP contribution < -0.4 is 9.64 Å². The van der Waals surface area contributed by atoms with Gasteiger partial charge in [0.05, 0.1) is 17.8 Å². The van der Waals surface area contributed by atoms with Gasteiger partial charge in [0.2, 0.25) is 0 Å². The molecular weight excluding hydrogens is 522 g/mol. The summed E-state index contributed by atoms with van der Waals surface area (Å²) in [6.45, 7) is 17.3. The fraction of sp³-hybridized carbons (Fsp3) is 0.719. The van der Waals surface area contributed by atoms with E-state index in [1.165, 1.54) is 0 Å². The highest BCUT2D eigenvalue weighted by atomic mass is 16.6. The van der Waals surface area contributed by atoms with Crippen LogP contribution in [0.5, 0.6) is 5.75 Å². The maximum Gasteiger partial charge on any atom is 0.410 e. The average Bonchev–Trinajstić information content (AvgIpc) is 3.69. The number of carbonyl (C=O) groups is 3. The van der Waals surface area contributed by atoms with Gasteiger partial charge in [-0.15, -0.1) is 0 Å². The largest absolute Gasteiger partial charge is 0.476 e. The molecule has 0 N–H and O–H groups in total. The Labute approximate surface area is 245 Å². The SMILES string of the molecule is Cc1cc2c(cc1C(=O)N(C(C)C)[C@@H]1CCCN(C(=O)OC(C)(C)C)C1)N(CCCCOC1CC1)C(=O)C(C)(C)O2. The molecule has 9 nitrogen and oxygen atoms in total. The maximum atomic E-state index is 14.2. The normalized spacial score (nSPS) is 20.5. The lowest BCUT2D eigenvalue weighted by atomic mass is 9.97. The molecule has 3 amide bonds. The minimum Gasteiger partial charge on any atom is -0.476 e. The Kier molecular flexibility index (Phi) is 9.26. The molecule has 2 aliphatic heterocycles. The van der Waals surface area contributed by atoms with Crippen LogP contribution in [0.1, 0.15) is 103 Å². The molecule has 1 saturated heterocycles. The van der Waals surface area contributed by atoms with Gasteiger partial charge in [-0.3, -0.25) is 9.59 Å². The van der Waals surface area contributed by atoms with Crippen LogP contribution in [0.15, 0.2) is 12.1 Å². The Bertz CT molecular complexity index is 1140. The van der Waals surface area contributed by atoms with Gasteiger partial charge in [0.15, 0.2) is 5.60 Å². The molecule has 9 heteroatoms. The van der Waals surface area contributed by atoms with Crippen LogP contribution in [0.2, 0.25) is 0 Å². The Morgan fingerprint density at radius 1 is 1.15 bits per heavy atom. The summed E-state index contributed by atoms with van der Waals surface area (Å²) in [6.07, 6.45) is 5.62. The highest BCUT2D eigenvalue weighted by Crippen LogP contribution is 2.40. The van der Waals surface area contributed by atoms with Crippen LogP contribution in [0.4, 0.5) is 10.5 Å². The number of anilines is 1. The third-order valence-corrected chi connectivity index (χ3v) is 7.84. The number of nitrogens with zero attached hydrogens (tertiary/aromatic N) is 3. The fourth-order valence-corrected chi connectivity index (χ4v) is 5.66. The van der Waals surface area contributed by atoms with Crippen molar-refractivity contribution >= 4 is 23.6 Å². The van der Waals surface area contributed by atoms with Crippen molar-refractivity contribution in [2.75, 3.05) is 31.1 Å². The lowest BCUT2D eigenvalue weighted by Crippen LogP contribution is -2.55. The Hall–Kier alpha value is -2.81. The van der Waals surface area contributed by atoms with Crippen molar-refractivity contribution in [3.63, 3.8) is 0 Å². The van der Waals surface area contributed by atoms with Crippen molar-refractivity contribution in [2.24, 2.45) is 0 Å². The van der Waals surface area contributed by atoms with Gasteiger partial charge in [-0.05, 0) is 112 Å². The van der Waals surface area contributed by atoms with Crippen molar-refractivity contribution in [3.8, 4) is 5.75 Å². The zero-order chi connectivity index (χ0) is 30.1. The third kappa shape index (κ3) is 7.53. The first-order valence-corrected chi connectivity index (χ1v) is 15.3. The molecule has 2 heterocycles. The monoisotopic (exact) mass is 571 g/mol. The number of ether oxygens (including phenoxy) is 3. The number of carbonyl (C=O) groups excluding carboxylic acids is 3. The number of unbranched alkanes of at least 4 members (excludes halogenated alkanes) is 1. The zero-order valence-electron chi connectivity index (χ0n) is 26.2. The van der Waals surface area contributed by atoms with Gasteiger partial charge in [-0.2, -0.15) is 0 Å². The number of amides is 3. The van der Waals surface area contributed by atoms with E-state index in [2.05, 4.69) is 0 Å². The second kappa shape index (κ2) is 12.2. The molecule has 0 radical (unpaired) electrons. The molecular formula is C32H49N3O6. The highest BCUT2D eigenvalue weighted by Gasteiger charge is 2.42. The van der Waals surface area contributed by atoms with Crippen LogP contribution >= 0.6 is 0 Å². The van der Waals surface area contributed by atoms with Gasteiger partial charge in [-0.1, -0.05) is 0 Å². The zero-order valence-corrected chi connectivity index (χ0v) is 26.2. The molecule has 1 aromatic rings. The first-order chi connectivity index (χ1) is 19.2. The Balaban J connectivity index is 1.56. The molecule has 41 heavy (non-hydrogen) atoms. The molecule has 2 fully saturated rings. The van der Waals surface area contributed by atoms with Gasteiger partial charge >= 0.3 is 6.09 Å². The van der Waals surface area contributed by atoms with Crippen LogP contribution in [0.25, 0.3) is 0 Å². The number of aryl methyl sites for hydroxylation is 1. The highest BCUT2D eigenvalue weighted by molar-refractivity contribution is 6.05. The molecule has 0 spiro atoms. The van der Waals surface area contributed by atoms with E-state index < -0.39 is 11.2 Å². The van der Waals surface area contributed by atoms with Gasteiger partial charge in [0.25, 0.3) is 11.8 Å². The van der Waals surface area contributed by atoms with E-state index in [0.29, 0.717) is 49.3 Å². The first-order valence-electron chi connectivity index (χ1n) is 15.3. The van der Waals surface area contributed by atoms with Gasteiger partial charge in [0.1, 0.15) is 11.4 Å². The van der Waals surface area contributed by atoms with Crippen molar-refractivity contribution in [1.82, 2.24) is 9.80 Å². The van der Waals surface area contributed by atoms with E-state index in [1.807, 2.05) is 58.6 Å². The summed E-state index contributed by atoms with van der Waals surface area (Å²) >= 11 is 0. The number of benzene rings is 1. The van der Waals surface area contributed by atoms with E-state index in [4.69, 9.17) is 14.2 Å². The molecule has 1 atom stereocenters. The summed E-state index contributed by atoms with van der Waals surface area (Å²) in [6, 6.07) is 3.48. The van der Waals surface area contributed by atoms with Crippen LogP contribution in [0, 0.1) is 6.92 Å². The maximum absolute atomic E-state index is 14.2. The number of likely N-dealkylation sites (tertiary alicyclic amines) is 1. The number of fused-ring (bicyclic) bond motifs is 1. The Morgan fingerprint density at radius 3 is 2.49 bits per heavy atom. The molecule has 1 saturated carbocycles. The lowest BCUT2D eigenvalue weighted by Gasteiger charge is -2.42. The summed E-state index contributed by atoms with van der Waals surface area (Å²) in [5, 5.41) is 0. The summed E-state index contributed by atoms with van der Waals surface area (Å²) in [7, 11) is 0. The molecule has 0 aromatic heterocycles. The molecule has 1 aliphatic carbocycles. The van der Waals surface area contributed by atoms with Gasteiger partial charge in [0, 0.05) is 37.8 Å². The van der Waals surface area contributed by atoms with Crippen molar-refractivity contribution in [2.45, 2.75) is 123 Å². The topological polar surface area (TPSA) is 88.6 Å². The molecule has 0 unspecified atom stereocenters. The number of rotatable bonds is 9. The molecule has 3 aliphatic rings. The summed E-state index contributed by atoms with van der Waals surface area (Å²) in [5.41, 5.74) is 0.399. The van der Waals surface area contributed by atoms with Crippen LogP contribution in [0.3, 0.4) is 0 Å². The first kappa shape index (κ1) is 31.1. The molecule has 0 bridgehead atoms. The van der Waals surface area contributed by atoms with E-state index in [9.17, 15) is 14.4 Å². The average molecular weight is 572 g/mol. The van der Waals surface area contributed by atoms with Crippen LogP contribution in [-0.4, -0.2) is 83.3 Å². The summed E-state index contributed by atoms with van der Waals surface area (Å²) in [4.78, 5) is 45.9. The number of piperidine rings is 1. The number of hydrogen-bond donors (Lipinski definition) is 0. The quantitative estimate of drug-likeness (QED) is 0.353. The van der Waals surface area contributed by atoms with E-state index >= 15 is 0 Å². The minimum atomic E-state index is -0.993. The van der Waals surface area contributed by atoms with Crippen LogP contribution in [-0.2, 0) is 14.3 Å². The fourth-order valence-electron chi connectivity index (χ4n) is 5.66. The summed E-state index contributed by atoms with van der Waals surface area (Å²) < 4.78 is 17.6. The standard InChI is InChI=1S/C32H49N3O6/c1-21(2)35(23-12-11-15-33(20-23)30(38)41-31(4,5)6)28(36)25-19-26-27(18-22(25)3)40-32(7,8)29(37)34(26)16-9-10-17-39-24-13-14-24/h18-19,21,23-24H,9-17,20H2,1-8H3/t23-/m1/s1. The Morgan fingerprint density at radius 2 is 1.85 bits per heavy atom. The number of hydrogen-bond acceptors (Lipinski definition) is 6. The molecule has 228 valence electrons. The van der Waals surface area contributed by atoms with E-state index in [-0.39, 0.29) is 30.0 Å². The molecule has 1 aromatic carbocycles. The predicted octanol–water partition coefficient (Wildman–Crippen LogP) is 5.71. The van der Waals surface area contributed by atoms with Gasteiger partial charge in [-0.25, -0.2) is 4.79 Å². The van der Waals surface area contributed by atoms with Crippen molar-refractivity contribution < 1.29 is 28.6 Å². The smallest absolute Gasteiger partial charge is 0.410 e. The third-order valence-electron chi connectivity index (χ3n) is 7.84. The summed E-state index contributed by atoms with van der Waals surface area (Å²) in [5.74, 6) is 0.394. The van der Waals surface area contributed by atoms with Crippen molar-refractivity contribution in [3.05, 3.63) is 23.3 Å². The van der Waals surface area contributed by atoms with Gasteiger partial charge < -0.3 is 28.9 Å².